The molecular formula is C22H25ClF3NO3S2. The number of rotatable bonds is 5. The highest BCUT2D eigenvalue weighted by molar-refractivity contribution is 8.00. The molecule has 0 heterocycles. The van der Waals surface area contributed by atoms with E-state index in [4.69, 9.17) is 11.6 Å². The van der Waals surface area contributed by atoms with Gasteiger partial charge in [0.25, 0.3) is 5.91 Å². The minimum Gasteiger partial charge on any atom is -0.507 e. The Hall–Kier alpha value is -1.71. The van der Waals surface area contributed by atoms with E-state index in [-0.39, 0.29) is 43.9 Å². The van der Waals surface area contributed by atoms with Crippen molar-refractivity contribution < 1.29 is 27.3 Å². The zero-order valence-electron chi connectivity index (χ0n) is 18.5. The first kappa shape index (κ1) is 26.5. The Morgan fingerprint density at radius 1 is 1.19 bits per heavy atom. The van der Waals surface area contributed by atoms with Crippen LogP contribution in [-0.4, -0.2) is 26.0 Å². The molecule has 2 aromatic rings. The van der Waals surface area contributed by atoms with E-state index < -0.39 is 27.6 Å². The zero-order valence-corrected chi connectivity index (χ0v) is 20.9. The fourth-order valence-electron chi connectivity index (χ4n) is 3.03. The summed E-state index contributed by atoms with van der Waals surface area (Å²) >= 11 is 5.78. The lowest BCUT2D eigenvalue weighted by Crippen LogP contribution is -2.20. The number of carbonyl (C=O) groups excluding carboxylic acids is 1. The number of carbonyl (C=O) groups is 1. The van der Waals surface area contributed by atoms with Crippen LogP contribution in [0.2, 0.25) is 5.02 Å². The predicted octanol–water partition coefficient (Wildman–Crippen LogP) is 7.03. The molecule has 0 aliphatic rings. The summed E-state index contributed by atoms with van der Waals surface area (Å²) in [6, 6.07) is 5.22. The van der Waals surface area contributed by atoms with Crippen LogP contribution in [-0.2, 0) is 16.2 Å². The van der Waals surface area contributed by atoms with Crippen LogP contribution in [0.15, 0.2) is 34.1 Å². The number of alkyl halides is 3. The fraction of sp³-hybridized carbons (Fsp3) is 0.409. The number of hydrogen-bond acceptors (Lipinski definition) is 4. The Balaban J connectivity index is 2.54. The molecule has 0 radical (unpaired) electrons. The molecule has 4 nitrogen and oxygen atoms in total. The van der Waals surface area contributed by atoms with Gasteiger partial charge in [0.2, 0.25) is 0 Å². The molecule has 32 heavy (non-hydrogen) atoms. The van der Waals surface area contributed by atoms with Crippen molar-refractivity contribution in [2.45, 2.75) is 67.5 Å². The van der Waals surface area contributed by atoms with Crippen LogP contribution in [0.25, 0.3) is 0 Å². The van der Waals surface area contributed by atoms with Crippen LogP contribution in [0.1, 0.15) is 56.1 Å². The topological polar surface area (TPSA) is 66.4 Å². The Morgan fingerprint density at radius 3 is 2.25 bits per heavy atom. The number of aromatic hydroxyl groups is 1. The van der Waals surface area contributed by atoms with E-state index in [0.717, 1.165) is 6.07 Å². The van der Waals surface area contributed by atoms with E-state index in [1.807, 2.05) is 20.8 Å². The fourth-order valence-corrected chi connectivity index (χ4v) is 5.05. The van der Waals surface area contributed by atoms with Crippen LogP contribution >= 0.6 is 23.4 Å². The molecule has 1 amide bonds. The molecule has 0 aromatic heterocycles. The third-order valence-corrected chi connectivity index (χ3v) is 7.36. The second kappa shape index (κ2) is 9.65. The third kappa shape index (κ3) is 6.20. The minimum absolute atomic E-state index is 0.0498. The van der Waals surface area contributed by atoms with Gasteiger partial charge in [0.05, 0.1) is 27.1 Å². The number of benzene rings is 2. The molecule has 1 atom stereocenters. The van der Waals surface area contributed by atoms with Crippen LogP contribution in [0.3, 0.4) is 0 Å². The molecular weight excluding hydrogens is 483 g/mol. The van der Waals surface area contributed by atoms with Gasteiger partial charge in [0.15, 0.2) is 0 Å². The van der Waals surface area contributed by atoms with Gasteiger partial charge in [-0.1, -0.05) is 46.2 Å². The maximum atomic E-state index is 13.1. The molecule has 0 aliphatic heterocycles. The molecule has 176 valence electrons. The van der Waals surface area contributed by atoms with Gasteiger partial charge >= 0.3 is 5.51 Å². The van der Waals surface area contributed by atoms with Gasteiger partial charge in [-0.05, 0) is 53.9 Å². The van der Waals surface area contributed by atoms with E-state index >= 15 is 0 Å². The van der Waals surface area contributed by atoms with Crippen LogP contribution < -0.4 is 5.32 Å². The lowest BCUT2D eigenvalue weighted by molar-refractivity contribution is -0.0328. The van der Waals surface area contributed by atoms with Crippen LogP contribution in [0, 0.1) is 6.92 Å². The summed E-state index contributed by atoms with van der Waals surface area (Å²) < 4.78 is 50.6. The zero-order chi connectivity index (χ0) is 24.6. The number of phenols is 1. The molecule has 0 aliphatic carbocycles. The molecule has 0 saturated heterocycles. The Bertz CT molecular complexity index is 1060. The first-order valence-corrected chi connectivity index (χ1v) is 12.1. The number of nitrogens with one attached hydrogen (secondary N) is 1. The SMILES string of the molecule is Cc1c(S(=O)C(C)C)cc(C(C)(C)C)c(O)c1C(=O)Nc1ccc(SC(F)(F)F)cc1Cl. The third-order valence-electron chi connectivity index (χ3n) is 4.61. The number of thioether (sulfide) groups is 1. The van der Waals surface area contributed by atoms with Crippen LogP contribution in [0.5, 0.6) is 5.75 Å². The maximum Gasteiger partial charge on any atom is 0.446 e. The van der Waals surface area contributed by atoms with E-state index in [1.165, 1.54) is 12.1 Å². The van der Waals surface area contributed by atoms with Crippen molar-refractivity contribution in [3.63, 3.8) is 0 Å². The second-order valence-corrected chi connectivity index (χ2v) is 12.0. The first-order valence-electron chi connectivity index (χ1n) is 9.67. The molecule has 0 fully saturated rings. The molecule has 1 unspecified atom stereocenters. The average Bonchev–Trinajstić information content (AvgIpc) is 2.61. The van der Waals surface area contributed by atoms with E-state index in [2.05, 4.69) is 5.32 Å². The summed E-state index contributed by atoms with van der Waals surface area (Å²) in [6.45, 7) is 10.7. The summed E-state index contributed by atoms with van der Waals surface area (Å²) in [4.78, 5) is 13.5. The number of amides is 1. The van der Waals surface area contributed by atoms with E-state index in [1.54, 1.807) is 26.8 Å². The van der Waals surface area contributed by atoms with Gasteiger partial charge in [-0.25, -0.2) is 0 Å². The van der Waals surface area contributed by atoms with Crippen molar-refractivity contribution in [1.82, 2.24) is 0 Å². The minimum atomic E-state index is -4.47. The lowest BCUT2D eigenvalue weighted by atomic mass is 9.84. The smallest absolute Gasteiger partial charge is 0.446 e. The standard InChI is InChI=1S/C22H25ClF3NO3S2/c1-11(2)32(30)17-10-14(21(4,5)6)19(28)18(12(17)3)20(29)27-16-8-7-13(9-15(16)23)31-22(24,25)26/h7-11,28H,1-6H3,(H,27,29). The van der Waals surface area contributed by atoms with Crippen molar-refractivity contribution >= 4 is 45.8 Å². The molecule has 0 saturated carbocycles. The van der Waals surface area contributed by atoms with Gasteiger partial charge in [-0.15, -0.1) is 0 Å². The normalized spacial score (nSPS) is 13.3. The van der Waals surface area contributed by atoms with Gasteiger partial charge in [-0.3, -0.25) is 9.00 Å². The van der Waals surface area contributed by atoms with Gasteiger partial charge in [0, 0.05) is 20.6 Å². The number of anilines is 1. The largest absolute Gasteiger partial charge is 0.507 e. The molecule has 2 rings (SSSR count). The summed E-state index contributed by atoms with van der Waals surface area (Å²) in [5, 5.41) is 13.2. The lowest BCUT2D eigenvalue weighted by Gasteiger charge is -2.25. The van der Waals surface area contributed by atoms with E-state index in [9.17, 15) is 27.3 Å². The Morgan fingerprint density at radius 2 is 1.78 bits per heavy atom. The van der Waals surface area contributed by atoms with E-state index in [0.29, 0.717) is 16.0 Å². The van der Waals surface area contributed by atoms with Gasteiger partial charge in [0.1, 0.15) is 5.75 Å². The molecule has 0 bridgehead atoms. The number of phenolic OH excluding ortho intramolecular Hbond substituents is 1. The highest BCUT2D eigenvalue weighted by Gasteiger charge is 2.31. The monoisotopic (exact) mass is 507 g/mol. The van der Waals surface area contributed by atoms with Gasteiger partial charge in [-0.2, -0.15) is 13.2 Å². The average molecular weight is 508 g/mol. The van der Waals surface area contributed by atoms with Crippen molar-refractivity contribution in [1.29, 1.82) is 0 Å². The molecule has 10 heteroatoms. The summed E-state index contributed by atoms with van der Waals surface area (Å²) in [6.07, 6.45) is 0. The van der Waals surface area contributed by atoms with Crippen molar-refractivity contribution in [2.75, 3.05) is 5.32 Å². The Labute approximate surface area is 197 Å². The summed E-state index contributed by atoms with van der Waals surface area (Å²) in [5.74, 6) is -0.941. The Kier molecular flexibility index (Phi) is 8.00. The maximum absolute atomic E-state index is 13.1. The van der Waals surface area contributed by atoms with Crippen molar-refractivity contribution in [3.8, 4) is 5.75 Å². The molecule has 2 aromatic carbocycles. The van der Waals surface area contributed by atoms with Crippen molar-refractivity contribution in [2.24, 2.45) is 0 Å². The quantitative estimate of drug-likeness (QED) is 0.426. The summed E-state index contributed by atoms with van der Waals surface area (Å²) in [7, 11) is -1.42. The van der Waals surface area contributed by atoms with Crippen molar-refractivity contribution in [3.05, 3.63) is 46.0 Å². The molecule has 0 spiro atoms. The summed E-state index contributed by atoms with van der Waals surface area (Å²) in [5.41, 5.74) is -4.15. The highest BCUT2D eigenvalue weighted by atomic mass is 35.5. The number of halogens is 4. The van der Waals surface area contributed by atoms with Gasteiger partial charge < -0.3 is 10.4 Å². The first-order chi connectivity index (χ1) is 14.5. The second-order valence-electron chi connectivity index (χ2n) is 8.51. The predicted molar refractivity (Wildman–Crippen MR) is 124 cm³/mol. The van der Waals surface area contributed by atoms with Crippen LogP contribution in [0.4, 0.5) is 18.9 Å². The molecule has 2 N–H and O–H groups in total. The highest BCUT2D eigenvalue weighted by Crippen LogP contribution is 2.41. The number of hydrogen-bond donors (Lipinski definition) is 2.